The molecule has 0 atom stereocenters. The molecule has 2 nitrogen and oxygen atoms in total. The van der Waals surface area contributed by atoms with Crippen LogP contribution >= 0.6 is 0 Å². The molecule has 0 aliphatic heterocycles. The van der Waals surface area contributed by atoms with E-state index in [0.717, 1.165) is 0 Å². The Morgan fingerprint density at radius 3 is 2.40 bits per heavy atom. The number of ether oxygens (including phenoxy) is 1. The smallest absolute Gasteiger partial charge is 0.0827 e. The molecule has 0 rings (SSSR count). The van der Waals surface area contributed by atoms with Gasteiger partial charge in [0.05, 0.1) is 13.4 Å². The molecule has 0 aliphatic rings. The Hall–Kier alpha value is -0.920. The summed E-state index contributed by atoms with van der Waals surface area (Å²) >= 11 is 0. The van der Waals surface area contributed by atoms with Crippen LogP contribution in [0, 0.1) is 0 Å². The van der Waals surface area contributed by atoms with Crippen molar-refractivity contribution in [2.75, 3.05) is 21.2 Å². The van der Waals surface area contributed by atoms with Gasteiger partial charge < -0.3 is 9.64 Å². The summed E-state index contributed by atoms with van der Waals surface area (Å²) in [4.78, 5) is 2.00. The Morgan fingerprint density at radius 2 is 2.00 bits per heavy atom. The Kier molecular flexibility index (Phi) is 4.46. The van der Waals surface area contributed by atoms with E-state index in [1.807, 2.05) is 38.2 Å². The van der Waals surface area contributed by atoms with E-state index < -0.39 is 0 Å². The first kappa shape index (κ1) is 9.08. The molecule has 0 spiro atoms. The maximum atomic E-state index is 4.75. The Bertz CT molecular complexity index is 136. The number of hydrogen-bond acceptors (Lipinski definition) is 2. The minimum absolute atomic E-state index is 1.17. The van der Waals surface area contributed by atoms with Gasteiger partial charge in [-0.1, -0.05) is 0 Å². The third-order valence-electron chi connectivity index (χ3n) is 0.929. The summed E-state index contributed by atoms with van der Waals surface area (Å²) in [5, 5.41) is 0. The van der Waals surface area contributed by atoms with Gasteiger partial charge in [0.15, 0.2) is 0 Å². The highest BCUT2D eigenvalue weighted by molar-refractivity contribution is 5.13. The van der Waals surface area contributed by atoms with Gasteiger partial charge in [0.2, 0.25) is 0 Å². The van der Waals surface area contributed by atoms with E-state index in [1.54, 1.807) is 13.4 Å². The molecular weight excluding hydrogens is 126 g/mol. The normalized spacial score (nSPS) is 12.2. The summed E-state index contributed by atoms with van der Waals surface area (Å²) in [6, 6.07) is 0. The van der Waals surface area contributed by atoms with Crippen LogP contribution < -0.4 is 0 Å². The molecule has 2 heteroatoms. The van der Waals surface area contributed by atoms with Crippen LogP contribution in [0.4, 0.5) is 0 Å². The van der Waals surface area contributed by atoms with Crippen molar-refractivity contribution in [3.63, 3.8) is 0 Å². The first-order valence-corrected chi connectivity index (χ1v) is 3.21. The third-order valence-corrected chi connectivity index (χ3v) is 0.929. The Balaban J connectivity index is 3.82. The zero-order valence-electron chi connectivity index (χ0n) is 7.09. The summed E-state index contributed by atoms with van der Waals surface area (Å²) in [6.45, 7) is 2.02. The lowest BCUT2D eigenvalue weighted by Crippen LogP contribution is -2.01. The van der Waals surface area contributed by atoms with E-state index in [0.29, 0.717) is 0 Å². The van der Waals surface area contributed by atoms with Crippen molar-refractivity contribution in [3.05, 3.63) is 24.1 Å². The minimum atomic E-state index is 1.17. The summed E-state index contributed by atoms with van der Waals surface area (Å²) in [7, 11) is 5.62. The monoisotopic (exact) mass is 141 g/mol. The predicted molar refractivity (Wildman–Crippen MR) is 43.6 cm³/mol. The molecule has 0 bridgehead atoms. The van der Waals surface area contributed by atoms with E-state index in [2.05, 4.69) is 0 Å². The molecule has 0 aromatic heterocycles. The van der Waals surface area contributed by atoms with Gasteiger partial charge in [0, 0.05) is 20.3 Å². The molecule has 0 N–H and O–H groups in total. The molecule has 0 aliphatic carbocycles. The van der Waals surface area contributed by atoms with E-state index >= 15 is 0 Å². The van der Waals surface area contributed by atoms with Crippen LogP contribution in [0.3, 0.4) is 0 Å². The Labute approximate surface area is 62.8 Å². The van der Waals surface area contributed by atoms with Crippen LogP contribution in [-0.2, 0) is 4.74 Å². The number of allylic oxidation sites excluding steroid dienone is 2. The lowest BCUT2D eigenvalue weighted by molar-refractivity contribution is 0.337. The third kappa shape index (κ3) is 5.22. The Morgan fingerprint density at radius 1 is 1.40 bits per heavy atom. The predicted octanol–water partition coefficient (Wildman–Crippen LogP) is 1.61. The van der Waals surface area contributed by atoms with Crippen LogP contribution in [0.5, 0.6) is 0 Å². The molecule has 0 radical (unpaired) electrons. The fraction of sp³-hybridized carbons (Fsp3) is 0.500. The second-order valence-corrected chi connectivity index (χ2v) is 2.38. The maximum absolute atomic E-state index is 4.75. The molecule has 0 unspecified atom stereocenters. The van der Waals surface area contributed by atoms with Gasteiger partial charge in [0.25, 0.3) is 0 Å². The van der Waals surface area contributed by atoms with Gasteiger partial charge in [0.1, 0.15) is 0 Å². The highest BCUT2D eigenvalue weighted by atomic mass is 16.5. The number of nitrogens with zero attached hydrogens (tertiary/aromatic N) is 1. The minimum Gasteiger partial charge on any atom is -0.504 e. The van der Waals surface area contributed by atoms with Gasteiger partial charge in [-0.05, 0) is 18.6 Å². The molecule has 0 amide bonds. The van der Waals surface area contributed by atoms with Crippen LogP contribution in [0.2, 0.25) is 0 Å². The molecule has 0 aromatic rings. The second kappa shape index (κ2) is 4.91. The van der Waals surface area contributed by atoms with Crippen LogP contribution in [0.15, 0.2) is 24.1 Å². The molecule has 0 heterocycles. The molecule has 10 heavy (non-hydrogen) atoms. The van der Waals surface area contributed by atoms with Gasteiger partial charge in [-0.2, -0.15) is 0 Å². The van der Waals surface area contributed by atoms with Crippen molar-refractivity contribution in [2.45, 2.75) is 6.92 Å². The molecular formula is C8H15NO. The average molecular weight is 141 g/mol. The molecule has 0 fully saturated rings. The van der Waals surface area contributed by atoms with Crippen molar-refractivity contribution in [2.24, 2.45) is 0 Å². The van der Waals surface area contributed by atoms with E-state index in [4.69, 9.17) is 4.74 Å². The quantitative estimate of drug-likeness (QED) is 0.437. The fourth-order valence-corrected chi connectivity index (χ4v) is 0.626. The topological polar surface area (TPSA) is 12.5 Å². The average Bonchev–Trinajstić information content (AvgIpc) is 1.82. The van der Waals surface area contributed by atoms with Crippen LogP contribution in [0.1, 0.15) is 6.92 Å². The molecule has 58 valence electrons. The number of hydrogen-bond donors (Lipinski definition) is 0. The maximum Gasteiger partial charge on any atom is 0.0827 e. The first-order valence-electron chi connectivity index (χ1n) is 3.21. The largest absolute Gasteiger partial charge is 0.504 e. The first-order chi connectivity index (χ1) is 4.66. The fourth-order valence-electron chi connectivity index (χ4n) is 0.626. The standard InChI is InChI=1S/C8H15NO/c1-8(5-6-10-4)7-9(2)3/h5-7H,1-4H3/b6-5+,8-7+. The zero-order chi connectivity index (χ0) is 7.98. The summed E-state index contributed by atoms with van der Waals surface area (Å²) in [5.74, 6) is 0. The van der Waals surface area contributed by atoms with Gasteiger partial charge in [-0.25, -0.2) is 0 Å². The highest BCUT2D eigenvalue weighted by Crippen LogP contribution is 1.95. The van der Waals surface area contributed by atoms with Gasteiger partial charge >= 0.3 is 0 Å². The number of methoxy groups -OCH3 is 1. The highest BCUT2D eigenvalue weighted by Gasteiger charge is 1.81. The van der Waals surface area contributed by atoms with E-state index in [-0.39, 0.29) is 0 Å². The molecule has 0 saturated heterocycles. The van der Waals surface area contributed by atoms with Crippen molar-refractivity contribution < 1.29 is 4.74 Å². The second-order valence-electron chi connectivity index (χ2n) is 2.38. The summed E-state index contributed by atoms with van der Waals surface area (Å²) in [6.07, 6.45) is 5.60. The van der Waals surface area contributed by atoms with Gasteiger partial charge in [-0.3, -0.25) is 0 Å². The molecule has 0 aromatic carbocycles. The van der Waals surface area contributed by atoms with E-state index in [9.17, 15) is 0 Å². The van der Waals surface area contributed by atoms with Gasteiger partial charge in [-0.15, -0.1) is 0 Å². The lowest BCUT2D eigenvalue weighted by Gasteiger charge is -2.04. The molecule has 0 saturated carbocycles. The van der Waals surface area contributed by atoms with E-state index in [1.165, 1.54) is 5.57 Å². The van der Waals surface area contributed by atoms with Crippen LogP contribution in [0.25, 0.3) is 0 Å². The zero-order valence-corrected chi connectivity index (χ0v) is 7.09. The summed E-state index contributed by atoms with van der Waals surface area (Å²) < 4.78 is 4.75. The van der Waals surface area contributed by atoms with Crippen molar-refractivity contribution in [1.82, 2.24) is 4.90 Å². The van der Waals surface area contributed by atoms with Crippen molar-refractivity contribution in [1.29, 1.82) is 0 Å². The SMILES string of the molecule is CO/C=C/C(C)=C/N(C)C. The number of rotatable bonds is 3. The van der Waals surface area contributed by atoms with Crippen LogP contribution in [-0.4, -0.2) is 26.1 Å². The summed E-state index contributed by atoms with van der Waals surface area (Å²) in [5.41, 5.74) is 1.17. The lowest BCUT2D eigenvalue weighted by atomic mass is 10.3. The van der Waals surface area contributed by atoms with Crippen molar-refractivity contribution in [3.8, 4) is 0 Å². The van der Waals surface area contributed by atoms with Crippen molar-refractivity contribution >= 4 is 0 Å².